The summed E-state index contributed by atoms with van der Waals surface area (Å²) in [5, 5.41) is 3.36. The van der Waals surface area contributed by atoms with Crippen molar-refractivity contribution in [3.8, 4) is 0 Å². The zero-order chi connectivity index (χ0) is 10.7. The lowest BCUT2D eigenvalue weighted by Gasteiger charge is -2.26. The van der Waals surface area contributed by atoms with E-state index in [1.807, 2.05) is 12.1 Å². The largest absolute Gasteiger partial charge is 0.313 e. The number of rotatable bonds is 2. The summed E-state index contributed by atoms with van der Waals surface area (Å²) in [6, 6.07) is 8.55. The van der Waals surface area contributed by atoms with Crippen LogP contribution in [-0.2, 0) is 6.42 Å². The van der Waals surface area contributed by atoms with Crippen molar-refractivity contribution >= 4 is 15.9 Å². The molecule has 1 aromatic rings. The van der Waals surface area contributed by atoms with Gasteiger partial charge >= 0.3 is 0 Å². The Morgan fingerprint density at radius 3 is 2.73 bits per heavy atom. The third kappa shape index (κ3) is 3.28. The monoisotopic (exact) mass is 271 g/mol. The van der Waals surface area contributed by atoms with Gasteiger partial charge in [-0.2, -0.15) is 0 Å². The summed E-state index contributed by atoms with van der Waals surface area (Å²) in [4.78, 5) is 0. The quantitative estimate of drug-likeness (QED) is 0.872. The molecule has 3 heteroatoms. The standard InChI is InChI=1S/C12H15BrFN/c13-10-3-1-9(2-4-10)7-12-8-11(14)5-6-15-12/h1-4,11-12,15H,5-8H2. The number of halogens is 2. The van der Waals surface area contributed by atoms with E-state index >= 15 is 0 Å². The van der Waals surface area contributed by atoms with Crippen LogP contribution in [0.4, 0.5) is 4.39 Å². The van der Waals surface area contributed by atoms with Crippen molar-refractivity contribution in [1.82, 2.24) is 5.32 Å². The molecule has 1 aliphatic rings. The van der Waals surface area contributed by atoms with Gasteiger partial charge in [0.1, 0.15) is 6.17 Å². The molecule has 15 heavy (non-hydrogen) atoms. The molecular formula is C12H15BrFN. The number of nitrogens with one attached hydrogen (secondary N) is 1. The van der Waals surface area contributed by atoms with Gasteiger partial charge in [-0.3, -0.25) is 0 Å². The van der Waals surface area contributed by atoms with E-state index in [1.54, 1.807) is 0 Å². The zero-order valence-electron chi connectivity index (χ0n) is 8.55. The Bertz CT molecular complexity index is 312. The molecule has 1 nitrogen and oxygen atoms in total. The van der Waals surface area contributed by atoms with Gasteiger partial charge in [-0.1, -0.05) is 28.1 Å². The van der Waals surface area contributed by atoms with Crippen LogP contribution in [0, 0.1) is 0 Å². The van der Waals surface area contributed by atoms with E-state index in [2.05, 4.69) is 33.4 Å². The fraction of sp³-hybridized carbons (Fsp3) is 0.500. The van der Waals surface area contributed by atoms with Crippen molar-refractivity contribution in [3.63, 3.8) is 0 Å². The van der Waals surface area contributed by atoms with Crippen LogP contribution in [0.1, 0.15) is 18.4 Å². The SMILES string of the molecule is FC1CCNC(Cc2ccc(Br)cc2)C1. The molecule has 1 aromatic carbocycles. The van der Waals surface area contributed by atoms with Crippen LogP contribution in [0.2, 0.25) is 0 Å². The second kappa shape index (κ2) is 5.08. The Kier molecular flexibility index (Phi) is 3.76. The first kappa shape index (κ1) is 11.1. The molecule has 0 saturated carbocycles. The molecular weight excluding hydrogens is 257 g/mol. The maximum atomic E-state index is 13.2. The highest BCUT2D eigenvalue weighted by atomic mass is 79.9. The highest BCUT2D eigenvalue weighted by Gasteiger charge is 2.20. The summed E-state index contributed by atoms with van der Waals surface area (Å²) in [7, 11) is 0. The van der Waals surface area contributed by atoms with E-state index in [9.17, 15) is 4.39 Å². The van der Waals surface area contributed by atoms with Gasteiger partial charge in [0.2, 0.25) is 0 Å². The highest BCUT2D eigenvalue weighted by molar-refractivity contribution is 9.10. The third-order valence-corrected chi connectivity index (χ3v) is 3.35. The van der Waals surface area contributed by atoms with E-state index in [0.717, 1.165) is 17.4 Å². The molecule has 0 spiro atoms. The fourth-order valence-electron chi connectivity index (χ4n) is 2.01. The van der Waals surface area contributed by atoms with E-state index in [4.69, 9.17) is 0 Å². The van der Waals surface area contributed by atoms with E-state index < -0.39 is 6.17 Å². The van der Waals surface area contributed by atoms with Gasteiger partial charge in [0.25, 0.3) is 0 Å². The average molecular weight is 272 g/mol. The van der Waals surface area contributed by atoms with E-state index in [-0.39, 0.29) is 0 Å². The molecule has 1 fully saturated rings. The zero-order valence-corrected chi connectivity index (χ0v) is 10.1. The van der Waals surface area contributed by atoms with Gasteiger partial charge in [-0.15, -0.1) is 0 Å². The molecule has 1 N–H and O–H groups in total. The third-order valence-electron chi connectivity index (χ3n) is 2.83. The summed E-state index contributed by atoms with van der Waals surface area (Å²) in [6.07, 6.45) is 1.62. The average Bonchev–Trinajstić information content (AvgIpc) is 2.22. The van der Waals surface area contributed by atoms with Crippen LogP contribution in [0.5, 0.6) is 0 Å². The number of hydrogen-bond acceptors (Lipinski definition) is 1. The van der Waals surface area contributed by atoms with Crippen LogP contribution < -0.4 is 5.32 Å². The molecule has 0 aliphatic carbocycles. The number of piperidine rings is 1. The predicted octanol–water partition coefficient (Wildman–Crippen LogP) is 3.08. The number of alkyl halides is 1. The number of hydrogen-bond donors (Lipinski definition) is 1. The molecule has 2 atom stereocenters. The predicted molar refractivity (Wildman–Crippen MR) is 63.8 cm³/mol. The fourth-order valence-corrected chi connectivity index (χ4v) is 2.28. The maximum absolute atomic E-state index is 13.2. The smallest absolute Gasteiger partial charge is 0.103 e. The molecule has 1 aliphatic heterocycles. The van der Waals surface area contributed by atoms with Gasteiger partial charge in [0.15, 0.2) is 0 Å². The second-order valence-electron chi connectivity index (χ2n) is 4.10. The lowest BCUT2D eigenvalue weighted by atomic mass is 9.97. The Morgan fingerprint density at radius 2 is 2.07 bits per heavy atom. The lowest BCUT2D eigenvalue weighted by Crippen LogP contribution is -2.40. The molecule has 1 saturated heterocycles. The van der Waals surface area contributed by atoms with Gasteiger partial charge in [-0.25, -0.2) is 4.39 Å². The summed E-state index contributed by atoms with van der Waals surface area (Å²) < 4.78 is 14.2. The van der Waals surface area contributed by atoms with Crippen LogP contribution >= 0.6 is 15.9 Å². The van der Waals surface area contributed by atoms with Crippen molar-refractivity contribution in [2.24, 2.45) is 0 Å². The minimum atomic E-state index is -0.619. The van der Waals surface area contributed by atoms with E-state index in [0.29, 0.717) is 18.9 Å². The molecule has 2 rings (SSSR count). The van der Waals surface area contributed by atoms with Crippen LogP contribution in [0.15, 0.2) is 28.7 Å². The molecule has 82 valence electrons. The minimum Gasteiger partial charge on any atom is -0.313 e. The molecule has 0 aromatic heterocycles. The minimum absolute atomic E-state index is 0.301. The normalized spacial score (nSPS) is 26.5. The first-order chi connectivity index (χ1) is 7.24. The summed E-state index contributed by atoms with van der Waals surface area (Å²) in [5.74, 6) is 0. The van der Waals surface area contributed by atoms with Crippen LogP contribution in [0.25, 0.3) is 0 Å². The van der Waals surface area contributed by atoms with Crippen molar-refractivity contribution in [3.05, 3.63) is 34.3 Å². The Balaban J connectivity index is 1.93. The Morgan fingerprint density at radius 1 is 1.33 bits per heavy atom. The molecule has 0 amide bonds. The molecule has 1 heterocycles. The van der Waals surface area contributed by atoms with Crippen molar-refractivity contribution < 1.29 is 4.39 Å². The van der Waals surface area contributed by atoms with Crippen molar-refractivity contribution in [2.75, 3.05) is 6.54 Å². The molecule has 0 radical (unpaired) electrons. The topological polar surface area (TPSA) is 12.0 Å². The second-order valence-corrected chi connectivity index (χ2v) is 5.02. The van der Waals surface area contributed by atoms with Gasteiger partial charge < -0.3 is 5.32 Å². The highest BCUT2D eigenvalue weighted by Crippen LogP contribution is 2.17. The van der Waals surface area contributed by atoms with Gasteiger partial charge in [0.05, 0.1) is 0 Å². The summed E-state index contributed by atoms with van der Waals surface area (Å²) >= 11 is 3.40. The maximum Gasteiger partial charge on any atom is 0.103 e. The Hall–Kier alpha value is -0.410. The number of benzene rings is 1. The van der Waals surface area contributed by atoms with E-state index in [1.165, 1.54) is 5.56 Å². The molecule has 2 unspecified atom stereocenters. The summed E-state index contributed by atoms with van der Waals surface area (Å²) in [5.41, 5.74) is 1.27. The van der Waals surface area contributed by atoms with Crippen LogP contribution in [0.3, 0.4) is 0 Å². The Labute approximate surface area is 98.2 Å². The van der Waals surface area contributed by atoms with Crippen molar-refractivity contribution in [2.45, 2.75) is 31.5 Å². The first-order valence-electron chi connectivity index (χ1n) is 5.36. The van der Waals surface area contributed by atoms with Gasteiger partial charge in [0, 0.05) is 10.5 Å². The van der Waals surface area contributed by atoms with Crippen LogP contribution in [-0.4, -0.2) is 18.8 Å². The molecule has 0 bridgehead atoms. The van der Waals surface area contributed by atoms with Crippen molar-refractivity contribution in [1.29, 1.82) is 0 Å². The first-order valence-corrected chi connectivity index (χ1v) is 6.15. The lowest BCUT2D eigenvalue weighted by molar-refractivity contribution is 0.222. The van der Waals surface area contributed by atoms with Gasteiger partial charge in [-0.05, 0) is 43.5 Å². The summed E-state index contributed by atoms with van der Waals surface area (Å²) in [6.45, 7) is 0.808.